The first kappa shape index (κ1) is 18.2. The molecule has 28 heavy (non-hydrogen) atoms. The molecule has 1 aliphatic heterocycles. The topological polar surface area (TPSA) is 95.2 Å². The van der Waals surface area contributed by atoms with Gasteiger partial charge in [-0.15, -0.1) is 0 Å². The SMILES string of the molecule is CSCCC(C(=O)Nc1nc2ccccc2[nH]1)N1C(=O)c2ccccc2C1=O. The van der Waals surface area contributed by atoms with Gasteiger partial charge >= 0.3 is 0 Å². The second-order valence-corrected chi connectivity index (χ2v) is 7.40. The summed E-state index contributed by atoms with van der Waals surface area (Å²) in [6.07, 6.45) is 2.27. The van der Waals surface area contributed by atoms with Crippen molar-refractivity contribution in [3.63, 3.8) is 0 Å². The minimum absolute atomic E-state index is 0.289. The van der Waals surface area contributed by atoms with Crippen molar-refractivity contribution in [2.45, 2.75) is 12.5 Å². The molecule has 142 valence electrons. The molecule has 1 aromatic heterocycles. The van der Waals surface area contributed by atoms with E-state index in [1.54, 1.807) is 36.0 Å². The van der Waals surface area contributed by atoms with Gasteiger partial charge in [0, 0.05) is 0 Å². The number of hydrogen-bond donors (Lipinski definition) is 2. The number of thioether (sulfide) groups is 1. The van der Waals surface area contributed by atoms with E-state index in [9.17, 15) is 14.4 Å². The molecule has 1 aliphatic rings. The molecule has 3 aromatic rings. The van der Waals surface area contributed by atoms with Crippen LogP contribution in [0.3, 0.4) is 0 Å². The molecule has 3 amide bonds. The minimum atomic E-state index is -0.909. The monoisotopic (exact) mass is 394 g/mol. The van der Waals surface area contributed by atoms with E-state index >= 15 is 0 Å². The average Bonchev–Trinajstić information content (AvgIpc) is 3.22. The first-order chi connectivity index (χ1) is 13.6. The molecule has 0 fully saturated rings. The maximum absolute atomic E-state index is 13.0. The Labute approximate surface area is 165 Å². The Bertz CT molecular complexity index is 1010. The number of carbonyl (C=O) groups excluding carboxylic acids is 3. The van der Waals surface area contributed by atoms with Crippen molar-refractivity contribution in [3.05, 3.63) is 59.7 Å². The summed E-state index contributed by atoms with van der Waals surface area (Å²) in [5.41, 5.74) is 2.18. The zero-order valence-corrected chi connectivity index (χ0v) is 16.0. The second kappa shape index (κ2) is 7.47. The number of anilines is 1. The number of H-pyrrole nitrogens is 1. The third kappa shape index (κ3) is 3.16. The first-order valence-corrected chi connectivity index (χ1v) is 10.2. The number of benzene rings is 2. The molecule has 2 N–H and O–H groups in total. The summed E-state index contributed by atoms with van der Waals surface area (Å²) in [5.74, 6) is -0.400. The first-order valence-electron chi connectivity index (χ1n) is 8.81. The zero-order chi connectivity index (χ0) is 19.7. The van der Waals surface area contributed by atoms with Gasteiger partial charge in [0.2, 0.25) is 11.9 Å². The van der Waals surface area contributed by atoms with Crippen molar-refractivity contribution < 1.29 is 14.4 Å². The Hall–Kier alpha value is -3.13. The number of aromatic amines is 1. The summed E-state index contributed by atoms with van der Waals surface area (Å²) in [4.78, 5) is 47.0. The predicted molar refractivity (Wildman–Crippen MR) is 108 cm³/mol. The standard InChI is InChI=1S/C20H18N4O3S/c1-28-11-10-16(24-18(26)12-6-2-3-7-13(12)19(24)27)17(25)23-20-21-14-8-4-5-9-15(14)22-20/h2-9,16H,10-11H2,1H3,(H2,21,22,23,25). The van der Waals surface area contributed by atoms with Crippen LogP contribution in [-0.2, 0) is 4.79 Å². The minimum Gasteiger partial charge on any atom is -0.324 e. The van der Waals surface area contributed by atoms with Crippen LogP contribution in [0.25, 0.3) is 11.0 Å². The molecular weight excluding hydrogens is 376 g/mol. The molecule has 7 nitrogen and oxygen atoms in total. The van der Waals surface area contributed by atoms with Crippen molar-refractivity contribution in [1.82, 2.24) is 14.9 Å². The lowest BCUT2D eigenvalue weighted by atomic mass is 10.1. The highest BCUT2D eigenvalue weighted by atomic mass is 32.2. The van der Waals surface area contributed by atoms with E-state index in [4.69, 9.17) is 0 Å². The number of hydrogen-bond acceptors (Lipinski definition) is 5. The van der Waals surface area contributed by atoms with Gasteiger partial charge in [-0.05, 0) is 42.7 Å². The molecule has 8 heteroatoms. The Balaban J connectivity index is 1.61. The normalized spacial score (nSPS) is 14.4. The Morgan fingerprint density at radius 3 is 2.39 bits per heavy atom. The van der Waals surface area contributed by atoms with Gasteiger partial charge < -0.3 is 4.98 Å². The van der Waals surface area contributed by atoms with Crippen molar-refractivity contribution >= 4 is 46.5 Å². The van der Waals surface area contributed by atoms with Gasteiger partial charge in [-0.25, -0.2) is 4.98 Å². The third-order valence-corrected chi connectivity index (χ3v) is 5.31. The van der Waals surface area contributed by atoms with Crippen LogP contribution in [0.15, 0.2) is 48.5 Å². The van der Waals surface area contributed by atoms with E-state index in [0.29, 0.717) is 23.3 Å². The highest BCUT2D eigenvalue weighted by molar-refractivity contribution is 7.98. The fraction of sp³-hybridized carbons (Fsp3) is 0.200. The van der Waals surface area contributed by atoms with Crippen LogP contribution in [0.4, 0.5) is 5.95 Å². The van der Waals surface area contributed by atoms with Gasteiger partial charge in [-0.1, -0.05) is 24.3 Å². The molecule has 0 saturated heterocycles. The molecule has 2 aromatic carbocycles. The van der Waals surface area contributed by atoms with Gasteiger partial charge in [0.1, 0.15) is 6.04 Å². The second-order valence-electron chi connectivity index (χ2n) is 6.41. The number of para-hydroxylation sites is 2. The molecule has 0 radical (unpaired) electrons. The molecule has 0 aliphatic carbocycles. The summed E-state index contributed by atoms with van der Waals surface area (Å²) in [6, 6.07) is 13.1. The molecule has 2 heterocycles. The van der Waals surface area contributed by atoms with Crippen molar-refractivity contribution in [2.24, 2.45) is 0 Å². The number of nitrogens with zero attached hydrogens (tertiary/aromatic N) is 2. The third-order valence-electron chi connectivity index (χ3n) is 4.67. The fourth-order valence-corrected chi connectivity index (χ4v) is 3.77. The maximum Gasteiger partial charge on any atom is 0.262 e. The fourth-order valence-electron chi connectivity index (χ4n) is 3.31. The van der Waals surface area contributed by atoms with Crippen LogP contribution in [0.2, 0.25) is 0 Å². The van der Waals surface area contributed by atoms with Crippen LogP contribution in [0.1, 0.15) is 27.1 Å². The Kier molecular flexibility index (Phi) is 4.87. The van der Waals surface area contributed by atoms with Crippen molar-refractivity contribution in [2.75, 3.05) is 17.3 Å². The quantitative estimate of drug-likeness (QED) is 0.627. The average molecular weight is 394 g/mol. The van der Waals surface area contributed by atoms with Gasteiger partial charge in [-0.3, -0.25) is 24.6 Å². The number of amides is 3. The largest absolute Gasteiger partial charge is 0.324 e. The lowest BCUT2D eigenvalue weighted by molar-refractivity contribution is -0.120. The molecule has 0 saturated carbocycles. The highest BCUT2D eigenvalue weighted by Gasteiger charge is 2.42. The smallest absolute Gasteiger partial charge is 0.262 e. The summed E-state index contributed by atoms with van der Waals surface area (Å²) in [7, 11) is 0. The zero-order valence-electron chi connectivity index (χ0n) is 15.1. The molecule has 0 spiro atoms. The van der Waals surface area contributed by atoms with E-state index in [-0.39, 0.29) is 5.95 Å². The molecular formula is C20H18N4O3S. The summed E-state index contributed by atoms with van der Waals surface area (Å²) in [5, 5.41) is 2.72. The van der Waals surface area contributed by atoms with E-state index < -0.39 is 23.8 Å². The Morgan fingerprint density at radius 2 is 1.75 bits per heavy atom. The van der Waals surface area contributed by atoms with E-state index in [0.717, 1.165) is 15.9 Å². The summed E-state index contributed by atoms with van der Waals surface area (Å²) < 4.78 is 0. The lowest BCUT2D eigenvalue weighted by Crippen LogP contribution is -2.47. The number of imidazole rings is 1. The van der Waals surface area contributed by atoms with Gasteiger partial charge in [0.15, 0.2) is 0 Å². The molecule has 1 atom stereocenters. The number of carbonyl (C=O) groups is 3. The van der Waals surface area contributed by atoms with Crippen LogP contribution in [0.5, 0.6) is 0 Å². The van der Waals surface area contributed by atoms with Gasteiger partial charge in [0.25, 0.3) is 11.8 Å². The summed E-state index contributed by atoms with van der Waals surface area (Å²) >= 11 is 1.55. The van der Waals surface area contributed by atoms with Crippen LogP contribution < -0.4 is 5.32 Å². The van der Waals surface area contributed by atoms with Crippen LogP contribution in [-0.4, -0.2) is 50.6 Å². The van der Waals surface area contributed by atoms with E-state index in [2.05, 4.69) is 15.3 Å². The number of fused-ring (bicyclic) bond motifs is 2. The predicted octanol–water partition coefficient (Wildman–Crippen LogP) is 2.92. The van der Waals surface area contributed by atoms with Crippen molar-refractivity contribution in [1.29, 1.82) is 0 Å². The van der Waals surface area contributed by atoms with Gasteiger partial charge in [-0.2, -0.15) is 11.8 Å². The van der Waals surface area contributed by atoms with Crippen LogP contribution >= 0.6 is 11.8 Å². The summed E-state index contributed by atoms with van der Waals surface area (Å²) in [6.45, 7) is 0. The van der Waals surface area contributed by atoms with Crippen molar-refractivity contribution in [3.8, 4) is 0 Å². The molecule has 1 unspecified atom stereocenters. The maximum atomic E-state index is 13.0. The van der Waals surface area contributed by atoms with Crippen LogP contribution in [0, 0.1) is 0 Å². The molecule has 0 bridgehead atoms. The van der Waals surface area contributed by atoms with E-state index in [1.165, 1.54) is 0 Å². The number of imide groups is 1. The lowest BCUT2D eigenvalue weighted by Gasteiger charge is -2.24. The number of nitrogens with one attached hydrogen (secondary N) is 2. The Morgan fingerprint density at radius 1 is 1.11 bits per heavy atom. The van der Waals surface area contributed by atoms with E-state index in [1.807, 2.05) is 30.5 Å². The number of rotatable bonds is 6. The molecule has 4 rings (SSSR count). The number of aromatic nitrogens is 2. The van der Waals surface area contributed by atoms with Gasteiger partial charge in [0.05, 0.1) is 22.2 Å². The highest BCUT2D eigenvalue weighted by Crippen LogP contribution is 2.26.